The zero-order chi connectivity index (χ0) is 12.0. The van der Waals surface area contributed by atoms with Gasteiger partial charge in [-0.2, -0.15) is 0 Å². The molecule has 0 radical (unpaired) electrons. The van der Waals surface area contributed by atoms with Gasteiger partial charge in [0.2, 0.25) is 0 Å². The Bertz CT molecular complexity index is 328. The molecule has 0 fully saturated rings. The van der Waals surface area contributed by atoms with Crippen LogP contribution in [0.2, 0.25) is 0 Å². The molecule has 0 saturated carbocycles. The van der Waals surface area contributed by atoms with Crippen molar-refractivity contribution in [3.63, 3.8) is 0 Å². The molecule has 3 heteroatoms. The van der Waals surface area contributed by atoms with Gasteiger partial charge < -0.3 is 4.74 Å². The van der Waals surface area contributed by atoms with Crippen LogP contribution in [0.1, 0.15) is 18.1 Å². The van der Waals surface area contributed by atoms with Gasteiger partial charge >= 0.3 is 0 Å². The Kier molecular flexibility index (Phi) is 5.85. The van der Waals surface area contributed by atoms with Crippen LogP contribution in [0.3, 0.4) is 0 Å². The second-order valence-corrected chi connectivity index (χ2v) is 4.67. The quantitative estimate of drug-likeness (QED) is 0.744. The van der Waals surface area contributed by atoms with Crippen LogP contribution in [-0.2, 0) is 6.54 Å². The number of alkyl halides is 1. The molecule has 1 aromatic rings. The Labute approximate surface area is 107 Å². The molecule has 0 atom stereocenters. The highest BCUT2D eigenvalue weighted by Crippen LogP contribution is 2.21. The van der Waals surface area contributed by atoms with Crippen LogP contribution in [0.5, 0.6) is 5.75 Å². The first-order valence-electron chi connectivity index (χ1n) is 5.63. The number of hydrogen-bond acceptors (Lipinski definition) is 2. The molecule has 2 nitrogen and oxygen atoms in total. The maximum Gasteiger partial charge on any atom is 0.123 e. The van der Waals surface area contributed by atoms with E-state index in [1.165, 1.54) is 11.1 Å². The molecule has 0 amide bonds. The average Bonchev–Trinajstić information content (AvgIpc) is 2.29. The van der Waals surface area contributed by atoms with E-state index < -0.39 is 0 Å². The lowest BCUT2D eigenvalue weighted by atomic mass is 10.1. The lowest BCUT2D eigenvalue weighted by Crippen LogP contribution is -2.25. The van der Waals surface area contributed by atoms with E-state index in [1.54, 1.807) is 7.11 Å². The number of halogens is 1. The Hall–Kier alpha value is -0.540. The molecule has 1 aromatic carbocycles. The maximum atomic E-state index is 5.39. The molecular formula is C13H20BrNO. The van der Waals surface area contributed by atoms with Gasteiger partial charge in [0.05, 0.1) is 7.11 Å². The van der Waals surface area contributed by atoms with Gasteiger partial charge in [0, 0.05) is 24.0 Å². The highest BCUT2D eigenvalue weighted by molar-refractivity contribution is 9.09. The minimum atomic E-state index is 0.951. The van der Waals surface area contributed by atoms with E-state index in [-0.39, 0.29) is 0 Å². The molecular weight excluding hydrogens is 266 g/mol. The van der Waals surface area contributed by atoms with Crippen LogP contribution in [0.15, 0.2) is 18.2 Å². The van der Waals surface area contributed by atoms with Crippen LogP contribution in [0.25, 0.3) is 0 Å². The van der Waals surface area contributed by atoms with Crippen LogP contribution < -0.4 is 4.74 Å². The summed E-state index contributed by atoms with van der Waals surface area (Å²) in [6.07, 6.45) is 0. The van der Waals surface area contributed by atoms with Gasteiger partial charge in [0.25, 0.3) is 0 Å². The molecule has 0 bridgehead atoms. The summed E-state index contributed by atoms with van der Waals surface area (Å²) in [5.74, 6) is 0.985. The van der Waals surface area contributed by atoms with E-state index in [9.17, 15) is 0 Å². The molecule has 16 heavy (non-hydrogen) atoms. The van der Waals surface area contributed by atoms with Crippen LogP contribution in [0.4, 0.5) is 0 Å². The Balaban J connectivity index is 2.80. The molecule has 0 heterocycles. The summed E-state index contributed by atoms with van der Waals surface area (Å²) in [5, 5.41) is 1.01. The number of methoxy groups -OCH3 is 1. The predicted molar refractivity (Wildman–Crippen MR) is 72.5 cm³/mol. The zero-order valence-corrected chi connectivity index (χ0v) is 11.9. The third-order valence-electron chi connectivity index (χ3n) is 2.68. The van der Waals surface area contributed by atoms with Crippen molar-refractivity contribution in [3.05, 3.63) is 29.3 Å². The third-order valence-corrected chi connectivity index (χ3v) is 3.03. The first kappa shape index (κ1) is 13.5. The normalized spacial score (nSPS) is 10.8. The summed E-state index contributed by atoms with van der Waals surface area (Å²) < 4.78 is 5.39. The Morgan fingerprint density at radius 3 is 2.69 bits per heavy atom. The average molecular weight is 286 g/mol. The smallest absolute Gasteiger partial charge is 0.123 e. The third kappa shape index (κ3) is 3.80. The summed E-state index contributed by atoms with van der Waals surface area (Å²) in [7, 11) is 1.73. The number of ether oxygens (including phenoxy) is 1. The molecule has 0 aliphatic rings. The van der Waals surface area contributed by atoms with Gasteiger partial charge in [-0.15, -0.1) is 0 Å². The van der Waals surface area contributed by atoms with E-state index in [0.717, 1.165) is 30.7 Å². The molecule has 0 N–H and O–H groups in total. The summed E-state index contributed by atoms with van der Waals surface area (Å²) in [6.45, 7) is 7.37. The summed E-state index contributed by atoms with van der Waals surface area (Å²) >= 11 is 3.48. The van der Waals surface area contributed by atoms with E-state index >= 15 is 0 Å². The Morgan fingerprint density at radius 2 is 2.12 bits per heavy atom. The van der Waals surface area contributed by atoms with Gasteiger partial charge in [-0.1, -0.05) is 40.5 Å². The van der Waals surface area contributed by atoms with E-state index in [2.05, 4.69) is 46.8 Å². The van der Waals surface area contributed by atoms with Crippen molar-refractivity contribution in [2.45, 2.75) is 20.4 Å². The fourth-order valence-corrected chi connectivity index (χ4v) is 2.24. The van der Waals surface area contributed by atoms with Crippen LogP contribution in [0, 0.1) is 6.92 Å². The monoisotopic (exact) mass is 285 g/mol. The molecule has 1 rings (SSSR count). The summed E-state index contributed by atoms with van der Waals surface area (Å²) in [6, 6.07) is 6.34. The molecule has 0 saturated heterocycles. The largest absolute Gasteiger partial charge is 0.496 e. The molecule has 0 unspecified atom stereocenters. The minimum Gasteiger partial charge on any atom is -0.496 e. The second-order valence-electron chi connectivity index (χ2n) is 3.87. The van der Waals surface area contributed by atoms with Crippen molar-refractivity contribution in [2.24, 2.45) is 0 Å². The first-order valence-corrected chi connectivity index (χ1v) is 6.75. The van der Waals surface area contributed by atoms with Gasteiger partial charge in [0.15, 0.2) is 0 Å². The van der Waals surface area contributed by atoms with Crippen molar-refractivity contribution in [1.82, 2.24) is 4.90 Å². The number of aryl methyl sites for hydroxylation is 1. The SMILES string of the molecule is CCN(CCBr)Cc1cc(C)ccc1OC. The first-order chi connectivity index (χ1) is 7.71. The number of benzene rings is 1. The van der Waals surface area contributed by atoms with E-state index in [0.29, 0.717) is 0 Å². The fraction of sp³-hybridized carbons (Fsp3) is 0.538. The number of hydrogen-bond donors (Lipinski definition) is 0. The Morgan fingerprint density at radius 1 is 1.38 bits per heavy atom. The standard InChI is InChI=1S/C13H20BrNO/c1-4-15(8-7-14)10-12-9-11(2)5-6-13(12)16-3/h5-6,9H,4,7-8,10H2,1-3H3. The highest BCUT2D eigenvalue weighted by Gasteiger charge is 2.07. The summed E-state index contributed by atoms with van der Waals surface area (Å²) in [4.78, 5) is 2.39. The second kappa shape index (κ2) is 6.92. The van der Waals surface area contributed by atoms with Crippen molar-refractivity contribution >= 4 is 15.9 Å². The van der Waals surface area contributed by atoms with Crippen LogP contribution in [-0.4, -0.2) is 30.4 Å². The van der Waals surface area contributed by atoms with Crippen molar-refractivity contribution < 1.29 is 4.74 Å². The molecule has 90 valence electrons. The lowest BCUT2D eigenvalue weighted by Gasteiger charge is -2.20. The number of rotatable bonds is 6. The molecule has 0 aromatic heterocycles. The van der Waals surface area contributed by atoms with Gasteiger partial charge in [-0.25, -0.2) is 0 Å². The van der Waals surface area contributed by atoms with Crippen molar-refractivity contribution in [3.8, 4) is 5.75 Å². The van der Waals surface area contributed by atoms with Gasteiger partial charge in [-0.05, 0) is 19.5 Å². The molecule has 0 aliphatic carbocycles. The number of nitrogens with zero attached hydrogens (tertiary/aromatic N) is 1. The molecule has 0 aliphatic heterocycles. The van der Waals surface area contributed by atoms with Crippen LogP contribution >= 0.6 is 15.9 Å². The predicted octanol–water partition coefficient (Wildman–Crippen LogP) is 3.22. The minimum absolute atomic E-state index is 0.951. The van der Waals surface area contributed by atoms with Crippen molar-refractivity contribution in [1.29, 1.82) is 0 Å². The highest BCUT2D eigenvalue weighted by atomic mass is 79.9. The molecule has 0 spiro atoms. The van der Waals surface area contributed by atoms with E-state index in [1.807, 2.05) is 6.07 Å². The zero-order valence-electron chi connectivity index (χ0n) is 10.3. The fourth-order valence-electron chi connectivity index (χ4n) is 1.74. The van der Waals surface area contributed by atoms with E-state index in [4.69, 9.17) is 4.74 Å². The topological polar surface area (TPSA) is 12.5 Å². The lowest BCUT2D eigenvalue weighted by molar-refractivity contribution is 0.292. The summed E-state index contributed by atoms with van der Waals surface area (Å²) in [5.41, 5.74) is 2.55. The van der Waals surface area contributed by atoms with Gasteiger partial charge in [0.1, 0.15) is 5.75 Å². The van der Waals surface area contributed by atoms with Crippen molar-refractivity contribution in [2.75, 3.05) is 25.5 Å². The van der Waals surface area contributed by atoms with Gasteiger partial charge in [-0.3, -0.25) is 4.90 Å². The maximum absolute atomic E-state index is 5.39.